The summed E-state index contributed by atoms with van der Waals surface area (Å²) >= 11 is 1.65. The lowest BCUT2D eigenvalue weighted by Gasteiger charge is -2.49. The smallest absolute Gasteiger partial charge is 0.241 e. The first-order chi connectivity index (χ1) is 12.8. The van der Waals surface area contributed by atoms with Crippen LogP contribution in [0.25, 0.3) is 10.7 Å². The Morgan fingerprint density at radius 1 is 1.15 bits per heavy atom. The number of piperidine rings is 1. The highest BCUT2D eigenvalue weighted by molar-refractivity contribution is 7.13. The molecule has 0 N–H and O–H groups in total. The molecule has 0 bridgehead atoms. The summed E-state index contributed by atoms with van der Waals surface area (Å²) < 4.78 is 5.52. The lowest BCUT2D eigenvalue weighted by molar-refractivity contribution is 0.00619. The van der Waals surface area contributed by atoms with Gasteiger partial charge in [-0.05, 0) is 57.3 Å². The molecule has 2 aliphatic rings. The number of thiophene rings is 1. The van der Waals surface area contributed by atoms with Gasteiger partial charge in [0, 0.05) is 12.1 Å². The second-order valence-corrected chi connectivity index (χ2v) is 8.94. The van der Waals surface area contributed by atoms with Gasteiger partial charge in [-0.1, -0.05) is 36.9 Å². The third-order valence-corrected chi connectivity index (χ3v) is 6.86. The van der Waals surface area contributed by atoms with Crippen LogP contribution in [0, 0.1) is 0 Å². The zero-order valence-corrected chi connectivity index (χ0v) is 16.6. The molecular formula is C20H30N4OS. The summed E-state index contributed by atoms with van der Waals surface area (Å²) in [6, 6.07) is 4.06. The molecule has 0 radical (unpaired) electrons. The summed E-state index contributed by atoms with van der Waals surface area (Å²) in [4.78, 5) is 10.9. The quantitative estimate of drug-likeness (QED) is 0.749. The molecule has 1 aliphatic carbocycles. The van der Waals surface area contributed by atoms with Gasteiger partial charge < -0.3 is 4.52 Å². The van der Waals surface area contributed by atoms with Crippen molar-refractivity contribution in [3.05, 3.63) is 23.4 Å². The second-order valence-electron chi connectivity index (χ2n) is 7.99. The molecule has 26 heavy (non-hydrogen) atoms. The molecule has 5 nitrogen and oxygen atoms in total. The van der Waals surface area contributed by atoms with Crippen LogP contribution in [0.4, 0.5) is 0 Å². The van der Waals surface area contributed by atoms with Gasteiger partial charge in [0.2, 0.25) is 11.7 Å². The molecule has 0 atom stereocenters. The van der Waals surface area contributed by atoms with E-state index in [1.165, 1.54) is 64.5 Å². The molecule has 1 aliphatic heterocycles. The summed E-state index contributed by atoms with van der Waals surface area (Å²) in [5.74, 6) is 1.44. The predicted octanol–water partition coefficient (Wildman–Crippen LogP) is 4.42. The van der Waals surface area contributed by atoms with E-state index in [9.17, 15) is 0 Å². The summed E-state index contributed by atoms with van der Waals surface area (Å²) in [5.41, 5.74) is 0.351. The van der Waals surface area contributed by atoms with Gasteiger partial charge in [-0.3, -0.25) is 9.80 Å². The maximum absolute atomic E-state index is 5.52. The van der Waals surface area contributed by atoms with Crippen molar-refractivity contribution in [3.8, 4) is 10.7 Å². The van der Waals surface area contributed by atoms with Crippen molar-refractivity contribution in [2.75, 3.05) is 26.7 Å². The highest BCUT2D eigenvalue weighted by Gasteiger charge is 2.39. The minimum Gasteiger partial charge on any atom is -0.338 e. The van der Waals surface area contributed by atoms with Crippen LogP contribution in [0.2, 0.25) is 0 Å². The lowest BCUT2D eigenvalue weighted by Crippen LogP contribution is -2.57. The van der Waals surface area contributed by atoms with Crippen LogP contribution in [0.15, 0.2) is 22.0 Å². The molecule has 2 fully saturated rings. The SMILES string of the molecule is CN(Cc1nc(-c2cccs2)no1)CC1(N2CCCCC2)CCCCC1. The predicted molar refractivity (Wildman–Crippen MR) is 105 cm³/mol. The molecule has 4 rings (SSSR count). The van der Waals surface area contributed by atoms with E-state index in [1.807, 2.05) is 17.5 Å². The molecule has 3 heterocycles. The third kappa shape index (κ3) is 4.02. The molecule has 1 saturated carbocycles. The fourth-order valence-corrected chi connectivity index (χ4v) is 5.42. The number of likely N-dealkylation sites (N-methyl/N-ethyl adjacent to an activating group) is 1. The molecule has 0 amide bonds. The first kappa shape index (κ1) is 18.1. The van der Waals surface area contributed by atoms with Crippen LogP contribution >= 0.6 is 11.3 Å². The van der Waals surface area contributed by atoms with E-state index in [2.05, 4.69) is 27.0 Å². The minimum absolute atomic E-state index is 0.351. The van der Waals surface area contributed by atoms with Crippen LogP contribution < -0.4 is 0 Å². The van der Waals surface area contributed by atoms with Gasteiger partial charge in [-0.2, -0.15) is 4.98 Å². The first-order valence-electron chi connectivity index (χ1n) is 10.1. The Hall–Kier alpha value is -1.24. The van der Waals surface area contributed by atoms with Gasteiger partial charge in [0.25, 0.3) is 0 Å². The minimum atomic E-state index is 0.351. The Kier molecular flexibility index (Phi) is 5.72. The highest BCUT2D eigenvalue weighted by atomic mass is 32.1. The molecule has 1 saturated heterocycles. The summed E-state index contributed by atoms with van der Waals surface area (Å²) in [6.07, 6.45) is 10.9. The van der Waals surface area contributed by atoms with E-state index in [4.69, 9.17) is 4.52 Å². The second kappa shape index (κ2) is 8.19. The number of likely N-dealkylation sites (tertiary alicyclic amines) is 1. The van der Waals surface area contributed by atoms with Gasteiger partial charge in [0.05, 0.1) is 11.4 Å². The number of hydrogen-bond acceptors (Lipinski definition) is 6. The number of rotatable bonds is 6. The Morgan fingerprint density at radius 3 is 2.65 bits per heavy atom. The highest BCUT2D eigenvalue weighted by Crippen LogP contribution is 2.36. The Labute approximate surface area is 160 Å². The third-order valence-electron chi connectivity index (χ3n) is 5.99. The fourth-order valence-electron chi connectivity index (χ4n) is 4.77. The molecular weight excluding hydrogens is 344 g/mol. The monoisotopic (exact) mass is 374 g/mol. The molecule has 0 aromatic carbocycles. The molecule has 0 unspecified atom stereocenters. The van der Waals surface area contributed by atoms with E-state index in [0.29, 0.717) is 11.4 Å². The van der Waals surface area contributed by atoms with Crippen molar-refractivity contribution in [1.29, 1.82) is 0 Å². The maximum atomic E-state index is 5.52. The first-order valence-corrected chi connectivity index (χ1v) is 10.9. The average molecular weight is 375 g/mol. The summed E-state index contributed by atoms with van der Waals surface area (Å²) in [7, 11) is 2.20. The van der Waals surface area contributed by atoms with Gasteiger partial charge in [0.15, 0.2) is 0 Å². The molecule has 2 aromatic rings. The van der Waals surface area contributed by atoms with E-state index in [-0.39, 0.29) is 0 Å². The normalized spacial score (nSPS) is 21.3. The lowest BCUT2D eigenvalue weighted by atomic mass is 9.79. The number of nitrogens with zero attached hydrogens (tertiary/aromatic N) is 4. The van der Waals surface area contributed by atoms with Crippen LogP contribution in [0.1, 0.15) is 57.3 Å². The fraction of sp³-hybridized carbons (Fsp3) is 0.700. The van der Waals surface area contributed by atoms with Crippen molar-refractivity contribution in [1.82, 2.24) is 19.9 Å². The van der Waals surface area contributed by atoms with E-state index in [1.54, 1.807) is 11.3 Å². The van der Waals surface area contributed by atoms with Gasteiger partial charge in [0.1, 0.15) is 0 Å². The van der Waals surface area contributed by atoms with Gasteiger partial charge in [-0.25, -0.2) is 0 Å². The largest absolute Gasteiger partial charge is 0.338 e. The number of hydrogen-bond donors (Lipinski definition) is 0. The molecule has 2 aromatic heterocycles. The maximum Gasteiger partial charge on any atom is 0.241 e. The zero-order chi connectivity index (χ0) is 17.8. The molecule has 0 spiro atoms. The Bertz CT molecular complexity index is 672. The zero-order valence-electron chi connectivity index (χ0n) is 15.8. The van der Waals surface area contributed by atoms with Crippen molar-refractivity contribution in [2.45, 2.75) is 63.5 Å². The van der Waals surface area contributed by atoms with Crippen LogP contribution in [0.3, 0.4) is 0 Å². The van der Waals surface area contributed by atoms with Crippen LogP contribution in [-0.2, 0) is 6.54 Å². The summed E-state index contributed by atoms with van der Waals surface area (Å²) in [5, 5.41) is 6.20. The van der Waals surface area contributed by atoms with E-state index >= 15 is 0 Å². The van der Waals surface area contributed by atoms with Crippen LogP contribution in [-0.4, -0.2) is 52.2 Å². The van der Waals surface area contributed by atoms with Crippen molar-refractivity contribution in [3.63, 3.8) is 0 Å². The van der Waals surface area contributed by atoms with Crippen molar-refractivity contribution < 1.29 is 4.52 Å². The van der Waals surface area contributed by atoms with E-state index in [0.717, 1.165) is 23.9 Å². The summed E-state index contributed by atoms with van der Waals surface area (Å²) in [6.45, 7) is 4.38. The number of aromatic nitrogens is 2. The van der Waals surface area contributed by atoms with Gasteiger partial charge >= 0.3 is 0 Å². The molecule has 6 heteroatoms. The topological polar surface area (TPSA) is 45.4 Å². The average Bonchev–Trinajstić information content (AvgIpc) is 3.35. The van der Waals surface area contributed by atoms with E-state index < -0.39 is 0 Å². The molecule has 142 valence electrons. The standard InChI is InChI=1S/C20H30N4OS/c1-23(15-18-21-19(22-25-18)17-9-8-14-26-17)16-20(10-4-2-5-11-20)24-12-6-3-7-13-24/h8-9,14H,2-7,10-13,15-16H2,1H3. The van der Waals surface area contributed by atoms with Crippen molar-refractivity contribution in [2.24, 2.45) is 0 Å². The Balaban J connectivity index is 1.42. The van der Waals surface area contributed by atoms with Gasteiger partial charge in [-0.15, -0.1) is 11.3 Å². The van der Waals surface area contributed by atoms with Crippen LogP contribution in [0.5, 0.6) is 0 Å². The Morgan fingerprint density at radius 2 is 1.92 bits per heavy atom. The van der Waals surface area contributed by atoms with Crippen molar-refractivity contribution >= 4 is 11.3 Å².